The Morgan fingerprint density at radius 2 is 1.97 bits per heavy atom. The van der Waals surface area contributed by atoms with Crippen LogP contribution in [0.3, 0.4) is 0 Å². The van der Waals surface area contributed by atoms with Gasteiger partial charge in [0.2, 0.25) is 0 Å². The van der Waals surface area contributed by atoms with E-state index in [0.29, 0.717) is 23.5 Å². The van der Waals surface area contributed by atoms with Gasteiger partial charge < -0.3 is 19.3 Å². The van der Waals surface area contributed by atoms with Crippen LogP contribution >= 0.6 is 11.3 Å². The molecule has 1 aromatic heterocycles. The number of phenolic OH excluding ortho intramolecular Hbond substituents is 1. The predicted octanol–water partition coefficient (Wildman–Crippen LogP) is 7.41. The molecule has 0 saturated carbocycles. The highest BCUT2D eigenvalue weighted by Crippen LogP contribution is 2.41. The Bertz CT molecular complexity index is 1470. The first-order valence-corrected chi connectivity index (χ1v) is 13.9. The summed E-state index contributed by atoms with van der Waals surface area (Å²) in [5.41, 5.74) is 4.94. The molecule has 39 heavy (non-hydrogen) atoms. The van der Waals surface area contributed by atoms with Gasteiger partial charge in [-0.3, -0.25) is 4.79 Å². The van der Waals surface area contributed by atoms with E-state index in [1.54, 1.807) is 18.2 Å². The first-order valence-electron chi connectivity index (χ1n) is 12.9. The molecule has 2 unspecified atom stereocenters. The lowest BCUT2D eigenvalue weighted by Crippen LogP contribution is -2.25. The first-order chi connectivity index (χ1) is 19.0. The number of hydrogen-bond donors (Lipinski definition) is 1. The molecule has 0 amide bonds. The number of benzene rings is 3. The lowest BCUT2D eigenvalue weighted by atomic mass is 9.98. The molecule has 2 atom stereocenters. The summed E-state index contributed by atoms with van der Waals surface area (Å²) in [4.78, 5) is 12.0. The van der Waals surface area contributed by atoms with Crippen molar-refractivity contribution in [2.75, 3.05) is 6.61 Å². The summed E-state index contributed by atoms with van der Waals surface area (Å²) in [6, 6.07) is 22.9. The van der Waals surface area contributed by atoms with Gasteiger partial charge in [0.25, 0.3) is 0 Å². The second-order valence-electron chi connectivity index (χ2n) is 9.48. The number of nitriles is 1. The van der Waals surface area contributed by atoms with Crippen LogP contribution in [0.2, 0.25) is 0 Å². The molecule has 0 spiro atoms. The van der Waals surface area contributed by atoms with Gasteiger partial charge in [0, 0.05) is 6.61 Å². The van der Waals surface area contributed by atoms with Crippen molar-refractivity contribution in [3.05, 3.63) is 105 Å². The van der Waals surface area contributed by atoms with Crippen molar-refractivity contribution < 1.29 is 24.1 Å². The third-order valence-corrected chi connectivity index (χ3v) is 7.43. The van der Waals surface area contributed by atoms with Crippen molar-refractivity contribution in [1.82, 2.24) is 0 Å². The van der Waals surface area contributed by atoms with Gasteiger partial charge in [-0.05, 0) is 89.5 Å². The molecule has 0 bridgehead atoms. The topological polar surface area (TPSA) is 88.8 Å². The fraction of sp³-hybridized carbons (Fsp3) is 0.250. The highest BCUT2D eigenvalue weighted by Gasteiger charge is 2.23. The van der Waals surface area contributed by atoms with E-state index in [9.17, 15) is 15.2 Å². The maximum absolute atomic E-state index is 12.0. The minimum absolute atomic E-state index is 0.0710. The van der Waals surface area contributed by atoms with Gasteiger partial charge in [-0.1, -0.05) is 36.4 Å². The number of thiophene rings is 1. The number of Topliss-reactive ketones (excluding diaryl/α,β-unsaturated/α-hetero) is 1. The van der Waals surface area contributed by atoms with E-state index in [-0.39, 0.29) is 36.1 Å². The monoisotopic (exact) mass is 539 g/mol. The van der Waals surface area contributed by atoms with E-state index >= 15 is 0 Å². The molecule has 1 saturated heterocycles. The maximum atomic E-state index is 12.0. The van der Waals surface area contributed by atoms with Gasteiger partial charge in [-0.15, -0.1) is 0 Å². The van der Waals surface area contributed by atoms with Crippen LogP contribution < -0.4 is 4.74 Å². The number of nitrogens with zero attached hydrogens (tertiary/aromatic N) is 1. The number of carbonyl (C=O) groups excluding carboxylic acids is 1. The third kappa shape index (κ3) is 6.21. The van der Waals surface area contributed by atoms with Crippen molar-refractivity contribution in [3.63, 3.8) is 0 Å². The van der Waals surface area contributed by atoms with Crippen molar-refractivity contribution in [3.8, 4) is 28.7 Å². The summed E-state index contributed by atoms with van der Waals surface area (Å²) in [7, 11) is 0. The number of ketones is 1. The van der Waals surface area contributed by atoms with Gasteiger partial charge >= 0.3 is 0 Å². The SMILES string of the molecule is CC(=O)c1ccc(OCc2ccc(C(OC3CCCCO3)c3cccc(C#N)c3)cc2)c(-c2ccsc2)c1O. The van der Waals surface area contributed by atoms with Gasteiger partial charge in [0.15, 0.2) is 12.1 Å². The van der Waals surface area contributed by atoms with Gasteiger partial charge in [0.05, 0.1) is 22.8 Å². The predicted molar refractivity (Wildman–Crippen MR) is 150 cm³/mol. The third-order valence-electron chi connectivity index (χ3n) is 6.75. The summed E-state index contributed by atoms with van der Waals surface area (Å²) < 4.78 is 18.4. The van der Waals surface area contributed by atoms with E-state index in [2.05, 4.69) is 6.07 Å². The van der Waals surface area contributed by atoms with E-state index in [0.717, 1.165) is 41.5 Å². The average Bonchev–Trinajstić information content (AvgIpc) is 3.50. The number of hydrogen-bond acceptors (Lipinski definition) is 7. The molecule has 1 fully saturated rings. The number of rotatable bonds is 9. The van der Waals surface area contributed by atoms with Crippen LogP contribution in [0.1, 0.15) is 64.9 Å². The maximum Gasteiger partial charge on any atom is 0.163 e. The van der Waals surface area contributed by atoms with Gasteiger partial charge in [-0.25, -0.2) is 0 Å². The molecule has 5 rings (SSSR count). The molecule has 1 aliphatic rings. The number of phenols is 1. The van der Waals surface area contributed by atoms with Gasteiger partial charge in [-0.2, -0.15) is 16.6 Å². The molecular formula is C32H29NO5S. The van der Waals surface area contributed by atoms with Crippen molar-refractivity contribution in [2.45, 2.75) is 45.2 Å². The Hall–Kier alpha value is -3.96. The minimum atomic E-state index is -0.377. The summed E-state index contributed by atoms with van der Waals surface area (Å²) in [6.45, 7) is 2.39. The molecule has 1 N–H and O–H groups in total. The van der Waals surface area contributed by atoms with Crippen LogP contribution in [-0.2, 0) is 16.1 Å². The van der Waals surface area contributed by atoms with Crippen LogP contribution in [0.4, 0.5) is 0 Å². The van der Waals surface area contributed by atoms with Crippen LogP contribution in [0.5, 0.6) is 11.5 Å². The number of ether oxygens (including phenoxy) is 3. The highest BCUT2D eigenvalue weighted by atomic mass is 32.1. The second-order valence-corrected chi connectivity index (χ2v) is 10.3. The molecule has 3 aromatic carbocycles. The average molecular weight is 540 g/mol. The first kappa shape index (κ1) is 26.6. The Kier molecular flexibility index (Phi) is 8.38. The number of aromatic hydroxyl groups is 1. The fourth-order valence-corrected chi connectivity index (χ4v) is 5.35. The van der Waals surface area contributed by atoms with Crippen molar-refractivity contribution >= 4 is 17.1 Å². The van der Waals surface area contributed by atoms with Crippen molar-refractivity contribution in [1.29, 1.82) is 5.26 Å². The van der Waals surface area contributed by atoms with Crippen LogP contribution in [-0.4, -0.2) is 23.8 Å². The van der Waals surface area contributed by atoms with Crippen LogP contribution in [0.15, 0.2) is 77.5 Å². The second kappa shape index (κ2) is 12.3. The zero-order valence-corrected chi connectivity index (χ0v) is 22.4. The number of carbonyl (C=O) groups is 1. The molecule has 7 heteroatoms. The molecule has 2 heterocycles. The smallest absolute Gasteiger partial charge is 0.163 e. The van der Waals surface area contributed by atoms with Gasteiger partial charge in [0.1, 0.15) is 24.2 Å². The van der Waals surface area contributed by atoms with Crippen LogP contribution in [0, 0.1) is 11.3 Å². The Morgan fingerprint density at radius 1 is 1.13 bits per heavy atom. The van der Waals surface area contributed by atoms with E-state index in [1.165, 1.54) is 18.3 Å². The summed E-state index contributed by atoms with van der Waals surface area (Å²) in [5, 5.41) is 24.1. The minimum Gasteiger partial charge on any atom is -0.506 e. The molecule has 0 radical (unpaired) electrons. The van der Waals surface area contributed by atoms with Crippen LogP contribution in [0.25, 0.3) is 11.1 Å². The molecule has 4 aromatic rings. The van der Waals surface area contributed by atoms with Crippen molar-refractivity contribution in [2.24, 2.45) is 0 Å². The summed E-state index contributed by atoms with van der Waals surface area (Å²) in [5.74, 6) is 0.226. The lowest BCUT2D eigenvalue weighted by Gasteiger charge is -2.28. The molecule has 0 aliphatic carbocycles. The molecule has 198 valence electrons. The Morgan fingerprint density at radius 3 is 2.67 bits per heavy atom. The zero-order valence-electron chi connectivity index (χ0n) is 21.6. The molecular weight excluding hydrogens is 510 g/mol. The fourth-order valence-electron chi connectivity index (χ4n) is 4.70. The summed E-state index contributed by atoms with van der Waals surface area (Å²) in [6.07, 6.45) is 2.26. The molecule has 1 aliphatic heterocycles. The highest BCUT2D eigenvalue weighted by molar-refractivity contribution is 7.08. The van der Waals surface area contributed by atoms with E-state index < -0.39 is 0 Å². The Balaban J connectivity index is 1.37. The Labute approximate surface area is 232 Å². The molecule has 6 nitrogen and oxygen atoms in total. The van der Waals surface area contributed by atoms with E-state index in [1.807, 2.05) is 59.3 Å². The summed E-state index contributed by atoms with van der Waals surface area (Å²) >= 11 is 1.51. The normalized spacial score (nSPS) is 15.8. The standard InChI is InChI=1S/C32H29NO5S/c1-21(34)27-12-13-28(30(31(27)35)26-14-16-39-20-26)37-19-22-8-10-24(11-9-22)32(38-29-7-2-3-15-36-29)25-6-4-5-23(17-25)18-33/h4-6,8-14,16-17,20,29,32,35H,2-3,7,15,19H2,1H3. The largest absolute Gasteiger partial charge is 0.506 e. The zero-order chi connectivity index (χ0) is 27.2. The van der Waals surface area contributed by atoms with E-state index in [4.69, 9.17) is 14.2 Å². The quantitative estimate of drug-likeness (QED) is 0.223. The lowest BCUT2D eigenvalue weighted by molar-refractivity contribution is -0.181.